The van der Waals surface area contributed by atoms with Gasteiger partial charge in [-0.05, 0) is 43.2 Å². The molecule has 1 fully saturated rings. The maximum atomic E-state index is 12.2. The van der Waals surface area contributed by atoms with Crippen molar-refractivity contribution in [1.29, 1.82) is 0 Å². The predicted molar refractivity (Wildman–Crippen MR) is 115 cm³/mol. The van der Waals surface area contributed by atoms with E-state index in [1.54, 1.807) is 6.20 Å². The highest BCUT2D eigenvalue weighted by atomic mass is 16.2. The Morgan fingerprint density at radius 2 is 1.83 bits per heavy atom. The number of hydrogen-bond donors (Lipinski definition) is 3. The van der Waals surface area contributed by atoms with Crippen molar-refractivity contribution in [3.8, 4) is 22.5 Å². The Morgan fingerprint density at radius 3 is 2.60 bits per heavy atom. The minimum Gasteiger partial charge on any atom is -0.358 e. The number of pyridine rings is 1. The van der Waals surface area contributed by atoms with Crippen LogP contribution in [0.15, 0.2) is 48.7 Å². The summed E-state index contributed by atoms with van der Waals surface area (Å²) in [5.41, 5.74) is 6.16. The van der Waals surface area contributed by atoms with Gasteiger partial charge in [0.25, 0.3) is 5.91 Å². The summed E-state index contributed by atoms with van der Waals surface area (Å²) in [6.45, 7) is 2.31. The molecule has 2 aromatic heterocycles. The summed E-state index contributed by atoms with van der Waals surface area (Å²) in [6, 6.07) is 13.5. The number of nitrogens with one attached hydrogen (secondary N) is 3. The molecule has 4 heterocycles. The van der Waals surface area contributed by atoms with Gasteiger partial charge in [0.1, 0.15) is 0 Å². The zero-order chi connectivity index (χ0) is 20.5. The molecule has 0 bridgehead atoms. The quantitative estimate of drug-likeness (QED) is 0.626. The number of rotatable bonds is 3. The van der Waals surface area contributed by atoms with Crippen molar-refractivity contribution in [2.45, 2.75) is 19.3 Å². The zero-order valence-electron chi connectivity index (χ0n) is 16.6. The molecule has 7 heteroatoms. The van der Waals surface area contributed by atoms with E-state index in [2.05, 4.69) is 20.6 Å². The van der Waals surface area contributed by atoms with E-state index in [9.17, 15) is 9.59 Å². The van der Waals surface area contributed by atoms with Crippen LogP contribution in [-0.4, -0.2) is 46.4 Å². The van der Waals surface area contributed by atoms with Gasteiger partial charge in [-0.15, -0.1) is 0 Å². The van der Waals surface area contributed by atoms with Crippen LogP contribution in [-0.2, 0) is 6.42 Å². The number of urea groups is 1. The Morgan fingerprint density at radius 1 is 1.03 bits per heavy atom. The highest BCUT2D eigenvalue weighted by Gasteiger charge is 2.20. The van der Waals surface area contributed by atoms with Crippen LogP contribution in [0.3, 0.4) is 0 Å². The maximum absolute atomic E-state index is 12.2. The third kappa shape index (κ3) is 3.54. The molecule has 0 atom stereocenters. The highest BCUT2D eigenvalue weighted by Crippen LogP contribution is 2.27. The van der Waals surface area contributed by atoms with E-state index in [1.807, 2.05) is 47.4 Å². The average molecular weight is 401 g/mol. The fraction of sp³-hybridized carbons (Fsp3) is 0.261. The number of anilines is 1. The van der Waals surface area contributed by atoms with Gasteiger partial charge in [0.15, 0.2) is 0 Å². The van der Waals surface area contributed by atoms with Crippen molar-refractivity contribution in [1.82, 2.24) is 20.2 Å². The first-order valence-electron chi connectivity index (χ1n) is 10.3. The molecule has 0 radical (unpaired) electrons. The number of amides is 3. The molecule has 3 N–H and O–H groups in total. The number of fused-ring (bicyclic) bond motifs is 1. The molecule has 0 saturated carbocycles. The van der Waals surface area contributed by atoms with Crippen LogP contribution in [0.1, 0.15) is 28.9 Å². The summed E-state index contributed by atoms with van der Waals surface area (Å²) in [6.07, 6.45) is 4.73. The van der Waals surface area contributed by atoms with Crippen LogP contribution in [0.5, 0.6) is 0 Å². The largest absolute Gasteiger partial charge is 0.358 e. The molecule has 0 spiro atoms. The number of aromatic amines is 1. The summed E-state index contributed by atoms with van der Waals surface area (Å²) in [5.74, 6) is -0.0282. The Bertz CT molecular complexity index is 1100. The van der Waals surface area contributed by atoms with Crippen molar-refractivity contribution in [3.05, 3.63) is 59.9 Å². The normalized spacial score (nSPS) is 15.6. The Balaban J connectivity index is 1.35. The second-order valence-electron chi connectivity index (χ2n) is 7.71. The standard InChI is InChI=1S/C23H23N5O2/c29-22-18-14-21(27-19(18)8-10-25-22)16-7-9-24-20(13-16)15-3-5-17(6-4-15)26-23(30)28-11-1-2-12-28/h3-7,9,13-14,27H,1-2,8,10-12H2,(H,25,29)(H,26,30). The molecule has 1 saturated heterocycles. The number of carbonyl (C=O) groups excluding carboxylic acids is 2. The zero-order valence-corrected chi connectivity index (χ0v) is 16.6. The van der Waals surface area contributed by atoms with E-state index in [0.29, 0.717) is 12.1 Å². The summed E-state index contributed by atoms with van der Waals surface area (Å²) in [7, 11) is 0. The summed E-state index contributed by atoms with van der Waals surface area (Å²) in [4.78, 5) is 34.0. The van der Waals surface area contributed by atoms with Crippen molar-refractivity contribution in [3.63, 3.8) is 0 Å². The number of benzene rings is 1. The molecular weight excluding hydrogens is 378 g/mol. The first-order valence-corrected chi connectivity index (χ1v) is 10.3. The fourth-order valence-corrected chi connectivity index (χ4v) is 4.05. The molecule has 0 aliphatic carbocycles. The second kappa shape index (κ2) is 7.67. The Hall–Kier alpha value is -3.61. The average Bonchev–Trinajstić information content (AvgIpc) is 3.45. The summed E-state index contributed by atoms with van der Waals surface area (Å²) < 4.78 is 0. The first kappa shape index (κ1) is 18.4. The van der Waals surface area contributed by atoms with Crippen molar-refractivity contribution in [2.75, 3.05) is 25.0 Å². The van der Waals surface area contributed by atoms with Gasteiger partial charge >= 0.3 is 6.03 Å². The van der Waals surface area contributed by atoms with Gasteiger partial charge in [0, 0.05) is 60.5 Å². The molecule has 3 amide bonds. The molecule has 30 heavy (non-hydrogen) atoms. The van der Waals surface area contributed by atoms with Crippen molar-refractivity contribution < 1.29 is 9.59 Å². The first-order chi connectivity index (χ1) is 14.7. The highest BCUT2D eigenvalue weighted by molar-refractivity contribution is 5.97. The van der Waals surface area contributed by atoms with Gasteiger partial charge in [0.2, 0.25) is 0 Å². The SMILES string of the molecule is O=C1NCCc2[nH]c(-c3ccnc(-c4ccc(NC(=O)N5CCCC5)cc4)c3)cc21. The fourth-order valence-electron chi connectivity index (χ4n) is 4.05. The molecule has 3 aromatic rings. The van der Waals surface area contributed by atoms with E-state index in [1.165, 1.54) is 0 Å². The number of aromatic nitrogens is 2. The van der Waals surface area contributed by atoms with Crippen LogP contribution in [0.4, 0.5) is 10.5 Å². The Labute approximate surface area is 174 Å². The van der Waals surface area contributed by atoms with E-state index in [0.717, 1.165) is 66.2 Å². The lowest BCUT2D eigenvalue weighted by atomic mass is 10.1. The van der Waals surface area contributed by atoms with Gasteiger partial charge in [-0.3, -0.25) is 9.78 Å². The number of likely N-dealkylation sites (tertiary alicyclic amines) is 1. The van der Waals surface area contributed by atoms with E-state index in [-0.39, 0.29) is 11.9 Å². The third-order valence-corrected chi connectivity index (χ3v) is 5.70. The van der Waals surface area contributed by atoms with Crippen molar-refractivity contribution in [2.24, 2.45) is 0 Å². The van der Waals surface area contributed by atoms with Gasteiger partial charge in [-0.25, -0.2) is 4.79 Å². The van der Waals surface area contributed by atoms with E-state index < -0.39 is 0 Å². The van der Waals surface area contributed by atoms with Crippen LogP contribution in [0.2, 0.25) is 0 Å². The molecule has 1 aromatic carbocycles. The van der Waals surface area contributed by atoms with Gasteiger partial charge < -0.3 is 20.5 Å². The topological polar surface area (TPSA) is 90.1 Å². The van der Waals surface area contributed by atoms with Gasteiger partial charge in [0.05, 0.1) is 11.3 Å². The van der Waals surface area contributed by atoms with Crippen LogP contribution in [0.25, 0.3) is 22.5 Å². The predicted octanol–water partition coefficient (Wildman–Crippen LogP) is 3.66. The number of hydrogen-bond acceptors (Lipinski definition) is 3. The van der Waals surface area contributed by atoms with Crippen LogP contribution < -0.4 is 10.6 Å². The molecule has 0 unspecified atom stereocenters. The van der Waals surface area contributed by atoms with E-state index in [4.69, 9.17) is 0 Å². The lowest BCUT2D eigenvalue weighted by Crippen LogP contribution is -2.32. The van der Waals surface area contributed by atoms with Crippen LogP contribution in [0, 0.1) is 0 Å². The molecule has 2 aliphatic heterocycles. The minimum atomic E-state index is -0.0416. The molecule has 5 rings (SSSR count). The summed E-state index contributed by atoms with van der Waals surface area (Å²) >= 11 is 0. The maximum Gasteiger partial charge on any atom is 0.321 e. The Kier molecular flexibility index (Phi) is 4.71. The monoisotopic (exact) mass is 401 g/mol. The molecular formula is C23H23N5O2. The minimum absolute atomic E-state index is 0.0282. The number of H-pyrrole nitrogens is 1. The summed E-state index contributed by atoms with van der Waals surface area (Å²) in [5, 5.41) is 5.83. The lowest BCUT2D eigenvalue weighted by molar-refractivity contribution is 0.0946. The molecule has 2 aliphatic rings. The molecule has 7 nitrogen and oxygen atoms in total. The third-order valence-electron chi connectivity index (χ3n) is 5.70. The number of carbonyl (C=O) groups is 2. The lowest BCUT2D eigenvalue weighted by Gasteiger charge is -2.16. The second-order valence-corrected chi connectivity index (χ2v) is 7.71. The van der Waals surface area contributed by atoms with Crippen molar-refractivity contribution >= 4 is 17.6 Å². The van der Waals surface area contributed by atoms with E-state index >= 15 is 0 Å². The van der Waals surface area contributed by atoms with Gasteiger partial charge in [-0.2, -0.15) is 0 Å². The smallest absolute Gasteiger partial charge is 0.321 e. The van der Waals surface area contributed by atoms with Crippen LogP contribution >= 0.6 is 0 Å². The molecule has 152 valence electrons. The van der Waals surface area contributed by atoms with Gasteiger partial charge in [-0.1, -0.05) is 12.1 Å². The number of nitrogens with zero attached hydrogens (tertiary/aromatic N) is 2.